The van der Waals surface area contributed by atoms with Gasteiger partial charge in [0.05, 0.1) is 12.9 Å². The first-order valence-electron chi connectivity index (χ1n) is 6.90. The Kier molecular flexibility index (Phi) is 5.76. The van der Waals surface area contributed by atoms with Crippen molar-refractivity contribution in [1.29, 1.82) is 0 Å². The van der Waals surface area contributed by atoms with Crippen LogP contribution < -0.4 is 4.74 Å². The predicted molar refractivity (Wildman–Crippen MR) is 83.7 cm³/mol. The minimum Gasteiger partial charge on any atom is -0.497 e. The number of amides is 1. The van der Waals surface area contributed by atoms with Crippen LogP contribution in [0, 0.1) is 0 Å². The molecule has 0 saturated carbocycles. The van der Waals surface area contributed by atoms with Crippen LogP contribution in [0.2, 0.25) is 0 Å². The first-order valence-corrected chi connectivity index (χ1v) is 7.88. The third kappa shape index (κ3) is 4.20. The summed E-state index contributed by atoms with van der Waals surface area (Å²) >= 11 is 1.34. The molecule has 0 N–H and O–H groups in total. The fraction of sp³-hybridized carbons (Fsp3) is 0.429. The maximum Gasteiger partial charge on any atom is 0.233 e. The first kappa shape index (κ1) is 16.3. The molecule has 8 heteroatoms. The summed E-state index contributed by atoms with van der Waals surface area (Å²) in [4.78, 5) is 13.9. The molecule has 7 nitrogen and oxygen atoms in total. The van der Waals surface area contributed by atoms with E-state index in [9.17, 15) is 4.79 Å². The highest BCUT2D eigenvalue weighted by molar-refractivity contribution is 7.99. The molecule has 118 valence electrons. The van der Waals surface area contributed by atoms with Crippen molar-refractivity contribution in [3.63, 3.8) is 0 Å². The molecule has 2 aromatic rings. The Morgan fingerprint density at radius 2 is 2.27 bits per heavy atom. The Balaban J connectivity index is 1.89. The summed E-state index contributed by atoms with van der Waals surface area (Å²) in [6, 6.07) is 7.69. The van der Waals surface area contributed by atoms with Gasteiger partial charge in [-0.2, -0.15) is 0 Å². The van der Waals surface area contributed by atoms with Gasteiger partial charge in [-0.25, -0.2) is 4.68 Å². The number of benzene rings is 1. The van der Waals surface area contributed by atoms with Gasteiger partial charge in [0.2, 0.25) is 11.1 Å². The number of carbonyl (C=O) groups is 1. The number of hydrogen-bond acceptors (Lipinski definition) is 6. The number of hydrogen-bond donors (Lipinski definition) is 0. The van der Waals surface area contributed by atoms with Crippen molar-refractivity contribution in [2.45, 2.75) is 25.2 Å². The van der Waals surface area contributed by atoms with Crippen LogP contribution in [-0.2, 0) is 17.9 Å². The van der Waals surface area contributed by atoms with Crippen molar-refractivity contribution in [2.24, 2.45) is 0 Å². The maximum atomic E-state index is 12.2. The van der Waals surface area contributed by atoms with Gasteiger partial charge in [0.1, 0.15) is 5.75 Å². The Morgan fingerprint density at radius 1 is 1.45 bits per heavy atom. The van der Waals surface area contributed by atoms with Gasteiger partial charge in [-0.3, -0.25) is 4.79 Å². The molecule has 1 aromatic carbocycles. The van der Waals surface area contributed by atoms with Crippen LogP contribution in [0.5, 0.6) is 5.75 Å². The van der Waals surface area contributed by atoms with Crippen molar-refractivity contribution < 1.29 is 9.53 Å². The number of tetrazole rings is 1. The van der Waals surface area contributed by atoms with Crippen LogP contribution in [0.4, 0.5) is 0 Å². The van der Waals surface area contributed by atoms with E-state index in [-0.39, 0.29) is 5.91 Å². The van der Waals surface area contributed by atoms with E-state index in [1.165, 1.54) is 11.8 Å². The minimum atomic E-state index is 0.0264. The maximum absolute atomic E-state index is 12.2. The largest absolute Gasteiger partial charge is 0.497 e. The van der Waals surface area contributed by atoms with E-state index in [0.29, 0.717) is 24.0 Å². The third-order valence-electron chi connectivity index (χ3n) is 3.10. The molecule has 1 amide bonds. The summed E-state index contributed by atoms with van der Waals surface area (Å²) in [5.74, 6) is 1.12. The van der Waals surface area contributed by atoms with Crippen molar-refractivity contribution in [3.05, 3.63) is 29.8 Å². The van der Waals surface area contributed by atoms with Gasteiger partial charge < -0.3 is 9.64 Å². The van der Waals surface area contributed by atoms with Gasteiger partial charge in [0.15, 0.2) is 0 Å². The quantitative estimate of drug-likeness (QED) is 0.719. The zero-order chi connectivity index (χ0) is 15.9. The molecule has 0 aliphatic carbocycles. The summed E-state index contributed by atoms with van der Waals surface area (Å²) in [6.45, 7) is 3.18. The van der Waals surface area contributed by atoms with Gasteiger partial charge in [0.25, 0.3) is 0 Å². The summed E-state index contributed by atoms with van der Waals surface area (Å²) in [5, 5.41) is 12.0. The van der Waals surface area contributed by atoms with Gasteiger partial charge >= 0.3 is 0 Å². The van der Waals surface area contributed by atoms with E-state index >= 15 is 0 Å². The highest BCUT2D eigenvalue weighted by atomic mass is 32.2. The first-order chi connectivity index (χ1) is 10.6. The average Bonchev–Trinajstić information content (AvgIpc) is 3.00. The Morgan fingerprint density at radius 3 is 3.00 bits per heavy atom. The topological polar surface area (TPSA) is 73.1 Å². The molecular weight excluding hydrogens is 302 g/mol. The fourth-order valence-corrected chi connectivity index (χ4v) is 2.75. The molecule has 0 aliphatic rings. The van der Waals surface area contributed by atoms with Crippen LogP contribution in [0.1, 0.15) is 12.5 Å². The molecule has 0 fully saturated rings. The lowest BCUT2D eigenvalue weighted by molar-refractivity contribution is -0.127. The van der Waals surface area contributed by atoms with E-state index < -0.39 is 0 Å². The molecule has 0 atom stereocenters. The molecule has 0 spiro atoms. The third-order valence-corrected chi connectivity index (χ3v) is 4.04. The molecule has 0 unspecified atom stereocenters. The van der Waals surface area contributed by atoms with Crippen LogP contribution >= 0.6 is 11.8 Å². The summed E-state index contributed by atoms with van der Waals surface area (Å²) in [7, 11) is 3.41. The lowest BCUT2D eigenvalue weighted by Crippen LogP contribution is -2.27. The van der Waals surface area contributed by atoms with Gasteiger partial charge in [0, 0.05) is 20.1 Å². The molecule has 0 aliphatic heterocycles. The monoisotopic (exact) mass is 321 g/mol. The molecule has 0 saturated heterocycles. The highest BCUT2D eigenvalue weighted by Crippen LogP contribution is 2.16. The number of methoxy groups -OCH3 is 1. The minimum absolute atomic E-state index is 0.0264. The molecule has 2 rings (SSSR count). The van der Waals surface area contributed by atoms with Crippen LogP contribution in [0.25, 0.3) is 0 Å². The number of carbonyl (C=O) groups excluding carboxylic acids is 1. The van der Waals surface area contributed by atoms with Crippen molar-refractivity contribution in [3.8, 4) is 5.75 Å². The molecule has 22 heavy (non-hydrogen) atoms. The second-order valence-corrected chi connectivity index (χ2v) is 5.61. The zero-order valence-electron chi connectivity index (χ0n) is 12.9. The highest BCUT2D eigenvalue weighted by Gasteiger charge is 2.13. The number of aromatic nitrogens is 4. The fourth-order valence-electron chi connectivity index (χ4n) is 1.87. The normalized spacial score (nSPS) is 10.5. The predicted octanol–water partition coefficient (Wildman–Crippen LogP) is 1.45. The molecule has 1 heterocycles. The van der Waals surface area contributed by atoms with Gasteiger partial charge in [-0.15, -0.1) is 5.10 Å². The SMILES string of the molecule is CCn1nnnc1SCC(=O)N(C)Cc1cccc(OC)c1. The van der Waals surface area contributed by atoms with E-state index in [4.69, 9.17) is 4.74 Å². The zero-order valence-corrected chi connectivity index (χ0v) is 13.7. The Labute approximate surface area is 133 Å². The number of aryl methyl sites for hydroxylation is 1. The Hall–Kier alpha value is -2.09. The molecular formula is C14H19N5O2S. The van der Waals surface area contributed by atoms with E-state index in [1.807, 2.05) is 31.2 Å². The van der Waals surface area contributed by atoms with Crippen LogP contribution in [-0.4, -0.2) is 50.9 Å². The van der Waals surface area contributed by atoms with Gasteiger partial charge in [-0.05, 0) is 35.0 Å². The second kappa shape index (κ2) is 7.79. The van der Waals surface area contributed by atoms with Gasteiger partial charge in [-0.1, -0.05) is 23.9 Å². The lowest BCUT2D eigenvalue weighted by atomic mass is 10.2. The van der Waals surface area contributed by atoms with E-state index in [0.717, 1.165) is 11.3 Å². The summed E-state index contributed by atoms with van der Waals surface area (Å²) < 4.78 is 6.85. The average molecular weight is 321 g/mol. The Bertz CT molecular complexity index is 631. The molecule has 0 bridgehead atoms. The molecule has 0 radical (unpaired) electrons. The van der Waals surface area contributed by atoms with E-state index in [2.05, 4.69) is 15.5 Å². The number of nitrogens with zero attached hydrogens (tertiary/aromatic N) is 5. The second-order valence-electron chi connectivity index (χ2n) is 4.67. The number of thioether (sulfide) groups is 1. The summed E-state index contributed by atoms with van der Waals surface area (Å²) in [5.41, 5.74) is 1.03. The number of ether oxygens (including phenoxy) is 1. The standard InChI is InChI=1S/C14H19N5O2S/c1-4-19-14(15-16-17-19)22-10-13(20)18(2)9-11-6-5-7-12(8-11)21-3/h5-8H,4,9-10H2,1-3H3. The van der Waals surface area contributed by atoms with Crippen molar-refractivity contribution >= 4 is 17.7 Å². The van der Waals surface area contributed by atoms with Crippen LogP contribution in [0.15, 0.2) is 29.4 Å². The lowest BCUT2D eigenvalue weighted by Gasteiger charge is -2.17. The van der Waals surface area contributed by atoms with Crippen molar-refractivity contribution in [2.75, 3.05) is 19.9 Å². The number of rotatable bonds is 7. The smallest absolute Gasteiger partial charge is 0.233 e. The van der Waals surface area contributed by atoms with E-state index in [1.54, 1.807) is 23.7 Å². The van der Waals surface area contributed by atoms with Crippen LogP contribution in [0.3, 0.4) is 0 Å². The van der Waals surface area contributed by atoms with Crippen molar-refractivity contribution in [1.82, 2.24) is 25.1 Å². The molecule has 1 aromatic heterocycles. The summed E-state index contributed by atoms with van der Waals surface area (Å²) in [6.07, 6.45) is 0.